The van der Waals surface area contributed by atoms with Gasteiger partial charge in [0.25, 0.3) is 0 Å². The average Bonchev–Trinajstić information content (AvgIpc) is 4.03. The lowest BCUT2D eigenvalue weighted by molar-refractivity contribution is -0.137. The molecule has 2 unspecified atom stereocenters. The molecule has 402 valence electrons. The van der Waals surface area contributed by atoms with Gasteiger partial charge in [-0.15, -0.1) is 0 Å². The van der Waals surface area contributed by atoms with Crippen LogP contribution in [0.4, 0.5) is 0 Å². The molecule has 8 atom stereocenters. The Labute approximate surface area is 433 Å². The predicted octanol–water partition coefficient (Wildman–Crippen LogP) is -1.14. The zero-order valence-corrected chi connectivity index (χ0v) is 41.8. The summed E-state index contributed by atoms with van der Waals surface area (Å²) in [5, 5.41) is 41.4. The van der Waals surface area contributed by atoms with Crippen molar-refractivity contribution in [3.05, 3.63) is 108 Å². The highest BCUT2D eigenvalue weighted by Gasteiger charge is 2.36. The first-order valence-electron chi connectivity index (χ1n) is 25.4. The van der Waals surface area contributed by atoms with E-state index in [1.165, 1.54) is 0 Å². The van der Waals surface area contributed by atoms with Crippen molar-refractivity contribution in [2.24, 2.45) is 23.1 Å². The summed E-state index contributed by atoms with van der Waals surface area (Å²) < 4.78 is 0. The van der Waals surface area contributed by atoms with Crippen molar-refractivity contribution >= 4 is 68.9 Å². The third kappa shape index (κ3) is 15.8. The second kappa shape index (κ2) is 28.2. The monoisotopic (exact) mass is 1030 g/mol. The number of hydrogen-bond donors (Lipinski definition) is 14. The Kier molecular flexibility index (Phi) is 21.4. The molecule has 1 fully saturated rings. The van der Waals surface area contributed by atoms with Gasteiger partial charge in [0.2, 0.25) is 41.4 Å². The Balaban J connectivity index is 1.43. The molecule has 3 heterocycles. The number of carbonyl (C=O) groups excluding carboxylic acids is 8. The van der Waals surface area contributed by atoms with Crippen LogP contribution in [0, 0.1) is 5.92 Å². The van der Waals surface area contributed by atoms with Gasteiger partial charge in [-0.25, -0.2) is 0 Å². The number of hydrogen-bond acceptors (Lipinski definition) is 13. The van der Waals surface area contributed by atoms with E-state index in [1.54, 1.807) is 54.9 Å². The maximum atomic E-state index is 14.8. The standard InChI is InChI=1S/C53H70N12O10/c54-20-8-13-32-26-46(68)44(29-66)64-52(74)43(25-34-28-58-38-17-7-5-15-36(34)38)62-50(72)41(23-31-11-2-1-3-12-31)61-51(73)42(24-33-27-57-37-16-6-4-14-35(33)37)63-53(75)45(30-67)65-49(71)40(19-10-22-56)60-48(70)39(18-9-21-55)59-47(32)69/h1-7,11-12,14-17,27-28,32,39-45,57-58,66-67H,8-10,13,18-26,29-30,54-56H2,(H,59,69)(H,60,70)(H,61,73)(H,62,72)(H,63,75)(H,64,74)(H,65,71)/t32-,39?,40+,41-,42+,43?,44-,45-/m0/s1. The first-order chi connectivity index (χ1) is 36.3. The highest BCUT2D eigenvalue weighted by molar-refractivity contribution is 5.99. The molecule has 0 aliphatic carbocycles. The van der Waals surface area contributed by atoms with Crippen LogP contribution in [0.5, 0.6) is 0 Å². The number of aliphatic hydroxyl groups is 2. The molecule has 0 radical (unpaired) electrons. The molecule has 1 aliphatic heterocycles. The number of nitrogens with two attached hydrogens (primary N) is 3. The predicted molar refractivity (Wildman–Crippen MR) is 280 cm³/mol. The van der Waals surface area contributed by atoms with Gasteiger partial charge in [-0.3, -0.25) is 38.4 Å². The van der Waals surface area contributed by atoms with E-state index in [-0.39, 0.29) is 77.4 Å². The number of aromatic amines is 2. The molecule has 22 heteroatoms. The van der Waals surface area contributed by atoms with E-state index >= 15 is 0 Å². The summed E-state index contributed by atoms with van der Waals surface area (Å²) in [4.78, 5) is 121. The average molecular weight is 1040 g/mol. The molecule has 0 spiro atoms. The van der Waals surface area contributed by atoms with Crippen molar-refractivity contribution in [3.8, 4) is 0 Å². The third-order valence-corrected chi connectivity index (χ3v) is 13.3. The normalized spacial score (nSPS) is 23.3. The van der Waals surface area contributed by atoms with E-state index in [0.29, 0.717) is 16.7 Å². The molecule has 17 N–H and O–H groups in total. The lowest BCUT2D eigenvalue weighted by Crippen LogP contribution is -2.61. The highest BCUT2D eigenvalue weighted by Crippen LogP contribution is 2.22. The summed E-state index contributed by atoms with van der Waals surface area (Å²) in [7, 11) is 0. The summed E-state index contributed by atoms with van der Waals surface area (Å²) in [6.07, 6.45) is 3.31. The number of benzene rings is 3. The number of rotatable bonds is 17. The van der Waals surface area contributed by atoms with Gasteiger partial charge < -0.3 is 74.6 Å². The third-order valence-electron chi connectivity index (χ3n) is 13.3. The molecule has 22 nitrogen and oxygen atoms in total. The Morgan fingerprint density at radius 2 is 0.787 bits per heavy atom. The number of aliphatic hydroxyl groups excluding tert-OH is 2. The van der Waals surface area contributed by atoms with Gasteiger partial charge in [-0.05, 0) is 87.0 Å². The molecule has 5 aromatic rings. The van der Waals surface area contributed by atoms with E-state index < -0.39 is 115 Å². The lowest BCUT2D eigenvalue weighted by Gasteiger charge is -2.28. The molecular formula is C53H70N12O10. The number of H-pyrrole nitrogens is 2. The number of amides is 7. The molecule has 0 bridgehead atoms. The topological polar surface area (TPSA) is 371 Å². The van der Waals surface area contributed by atoms with Gasteiger partial charge in [0.15, 0.2) is 5.78 Å². The molecule has 0 saturated carbocycles. The second-order valence-electron chi connectivity index (χ2n) is 18.8. The minimum atomic E-state index is -1.66. The van der Waals surface area contributed by atoms with Gasteiger partial charge >= 0.3 is 0 Å². The minimum Gasteiger partial charge on any atom is -0.394 e. The van der Waals surface area contributed by atoms with Crippen molar-refractivity contribution in [2.45, 2.75) is 107 Å². The Morgan fingerprint density at radius 3 is 1.27 bits per heavy atom. The van der Waals surface area contributed by atoms with E-state index in [1.807, 2.05) is 36.4 Å². The van der Waals surface area contributed by atoms with Crippen LogP contribution >= 0.6 is 0 Å². The van der Waals surface area contributed by atoms with Gasteiger partial charge in [0.05, 0.1) is 13.2 Å². The van der Waals surface area contributed by atoms with E-state index in [2.05, 4.69) is 47.2 Å². The quantitative estimate of drug-likeness (QED) is 0.0525. The number of aromatic nitrogens is 2. The zero-order chi connectivity index (χ0) is 53.9. The highest BCUT2D eigenvalue weighted by atomic mass is 16.3. The van der Waals surface area contributed by atoms with Crippen molar-refractivity contribution < 1.29 is 48.6 Å². The summed E-state index contributed by atoms with van der Waals surface area (Å²) in [5.41, 5.74) is 20.8. The smallest absolute Gasteiger partial charge is 0.245 e. The second-order valence-corrected chi connectivity index (χ2v) is 18.8. The molecule has 1 saturated heterocycles. The van der Waals surface area contributed by atoms with Crippen molar-refractivity contribution in [1.29, 1.82) is 0 Å². The Bertz CT molecular complexity index is 2670. The van der Waals surface area contributed by atoms with Gasteiger partial charge in [-0.1, -0.05) is 66.7 Å². The van der Waals surface area contributed by atoms with Crippen LogP contribution in [0.1, 0.15) is 61.6 Å². The molecule has 75 heavy (non-hydrogen) atoms. The number of carbonyl (C=O) groups is 8. The van der Waals surface area contributed by atoms with Crippen LogP contribution in [0.2, 0.25) is 0 Å². The van der Waals surface area contributed by atoms with Gasteiger partial charge in [0, 0.05) is 65.8 Å². The van der Waals surface area contributed by atoms with Crippen LogP contribution in [-0.4, -0.2) is 142 Å². The Hall–Kier alpha value is -7.50. The molecule has 2 aromatic heterocycles. The van der Waals surface area contributed by atoms with E-state index in [4.69, 9.17) is 17.2 Å². The molecule has 6 rings (SSSR count). The van der Waals surface area contributed by atoms with Gasteiger partial charge in [0.1, 0.15) is 42.3 Å². The first kappa shape index (κ1) is 56.8. The number of nitrogens with one attached hydrogen (secondary N) is 9. The van der Waals surface area contributed by atoms with E-state index in [0.717, 1.165) is 21.8 Å². The number of ketones is 1. The van der Waals surface area contributed by atoms with Crippen LogP contribution in [0.25, 0.3) is 21.8 Å². The number of para-hydroxylation sites is 2. The lowest BCUT2D eigenvalue weighted by atomic mass is 9.92. The number of fused-ring (bicyclic) bond motifs is 2. The fourth-order valence-electron chi connectivity index (χ4n) is 9.12. The maximum Gasteiger partial charge on any atom is 0.245 e. The van der Waals surface area contributed by atoms with Crippen LogP contribution < -0.4 is 54.4 Å². The van der Waals surface area contributed by atoms with Crippen LogP contribution in [-0.2, 0) is 57.6 Å². The fourth-order valence-corrected chi connectivity index (χ4v) is 9.12. The molecule has 3 aromatic carbocycles. The Morgan fingerprint density at radius 1 is 0.413 bits per heavy atom. The van der Waals surface area contributed by atoms with Crippen molar-refractivity contribution in [2.75, 3.05) is 32.8 Å². The summed E-state index contributed by atoms with van der Waals surface area (Å²) in [6, 6.07) is 13.2. The SMILES string of the molecule is NCCCC1NC(=O)[C@@H](CCCN)CC(=O)[C@H](CO)NC(=O)C(Cc2c[nH]c3ccccc23)NC(=O)[C@H](Cc2ccccc2)NC(=O)[C@@H](Cc2c[nH]c3ccccc23)NC(=O)[C@H](CO)NC(=O)[C@@H](CCCN)NC1=O. The molecule has 7 amide bonds. The summed E-state index contributed by atoms with van der Waals surface area (Å²) in [6.45, 7) is -1.44. The van der Waals surface area contributed by atoms with Crippen molar-refractivity contribution in [3.63, 3.8) is 0 Å². The fraction of sp³-hybridized carbons (Fsp3) is 0.434. The zero-order valence-electron chi connectivity index (χ0n) is 41.8. The first-order valence-corrected chi connectivity index (χ1v) is 25.4. The molecular weight excluding hydrogens is 965 g/mol. The minimum absolute atomic E-state index is 0.0173. The van der Waals surface area contributed by atoms with E-state index in [9.17, 15) is 48.6 Å². The maximum absolute atomic E-state index is 14.8. The van der Waals surface area contributed by atoms with Gasteiger partial charge in [-0.2, -0.15) is 0 Å². The van der Waals surface area contributed by atoms with Crippen LogP contribution in [0.3, 0.4) is 0 Å². The number of Topliss-reactive ketones (excluding diaryl/α,β-unsaturated/α-hetero) is 1. The molecule has 1 aliphatic rings. The largest absolute Gasteiger partial charge is 0.394 e. The summed E-state index contributed by atoms with van der Waals surface area (Å²) in [5.74, 6) is -7.73. The van der Waals surface area contributed by atoms with Crippen LogP contribution in [0.15, 0.2) is 91.3 Å². The summed E-state index contributed by atoms with van der Waals surface area (Å²) >= 11 is 0. The van der Waals surface area contributed by atoms with Crippen molar-refractivity contribution in [1.82, 2.24) is 47.2 Å².